The summed E-state index contributed by atoms with van der Waals surface area (Å²) in [6.07, 6.45) is -5.49. The van der Waals surface area contributed by atoms with Gasteiger partial charge in [0, 0.05) is 0 Å². The number of amides is 2. The molecular formula is C12H11F3N2O4. The van der Waals surface area contributed by atoms with Gasteiger partial charge < -0.3 is 16.2 Å². The van der Waals surface area contributed by atoms with Crippen molar-refractivity contribution in [2.75, 3.05) is 0 Å². The number of halogens is 3. The minimum atomic E-state index is -4.77. The van der Waals surface area contributed by atoms with E-state index in [2.05, 4.69) is 0 Å². The van der Waals surface area contributed by atoms with Crippen molar-refractivity contribution in [3.8, 4) is 0 Å². The number of carboxylic acids is 1. The van der Waals surface area contributed by atoms with E-state index < -0.39 is 47.5 Å². The molecule has 4 N–H and O–H groups in total. The van der Waals surface area contributed by atoms with Crippen molar-refractivity contribution in [2.24, 2.45) is 5.73 Å². The van der Waals surface area contributed by atoms with Crippen LogP contribution in [0.15, 0.2) is 24.3 Å². The van der Waals surface area contributed by atoms with Gasteiger partial charge in [0.2, 0.25) is 5.91 Å². The minimum Gasteiger partial charge on any atom is -0.480 e. The molecule has 1 aromatic carbocycles. The fourth-order valence-corrected chi connectivity index (χ4v) is 1.57. The second kappa shape index (κ2) is 6.25. The molecule has 0 fully saturated rings. The van der Waals surface area contributed by atoms with E-state index in [0.29, 0.717) is 6.07 Å². The summed E-state index contributed by atoms with van der Waals surface area (Å²) in [7, 11) is 0. The molecule has 0 aliphatic heterocycles. The van der Waals surface area contributed by atoms with E-state index >= 15 is 0 Å². The number of hydrogen-bond donors (Lipinski definition) is 3. The normalized spacial score (nSPS) is 12.5. The van der Waals surface area contributed by atoms with Gasteiger partial charge in [-0.05, 0) is 12.1 Å². The third-order valence-corrected chi connectivity index (χ3v) is 2.49. The first-order chi connectivity index (χ1) is 9.62. The fourth-order valence-electron chi connectivity index (χ4n) is 1.57. The quantitative estimate of drug-likeness (QED) is 0.746. The summed E-state index contributed by atoms with van der Waals surface area (Å²) in [5.41, 5.74) is 2.87. The summed E-state index contributed by atoms with van der Waals surface area (Å²) in [4.78, 5) is 33.3. The van der Waals surface area contributed by atoms with Gasteiger partial charge in [0.25, 0.3) is 5.91 Å². The van der Waals surface area contributed by atoms with Crippen molar-refractivity contribution in [3.63, 3.8) is 0 Å². The van der Waals surface area contributed by atoms with E-state index in [1.807, 2.05) is 5.32 Å². The van der Waals surface area contributed by atoms with Gasteiger partial charge in [-0.1, -0.05) is 12.1 Å². The van der Waals surface area contributed by atoms with E-state index in [1.54, 1.807) is 0 Å². The Morgan fingerprint density at radius 2 is 1.81 bits per heavy atom. The monoisotopic (exact) mass is 304 g/mol. The Labute approximate surface area is 116 Å². The summed E-state index contributed by atoms with van der Waals surface area (Å²) >= 11 is 0. The molecule has 0 spiro atoms. The van der Waals surface area contributed by atoms with Gasteiger partial charge in [0.05, 0.1) is 17.5 Å². The maximum Gasteiger partial charge on any atom is 0.417 e. The van der Waals surface area contributed by atoms with Crippen LogP contribution in [-0.4, -0.2) is 28.9 Å². The average Bonchev–Trinajstić information content (AvgIpc) is 2.36. The van der Waals surface area contributed by atoms with Crippen LogP contribution in [0.25, 0.3) is 0 Å². The fraction of sp³-hybridized carbons (Fsp3) is 0.250. The highest BCUT2D eigenvalue weighted by molar-refractivity contribution is 5.98. The van der Waals surface area contributed by atoms with Crippen LogP contribution in [0, 0.1) is 0 Å². The Morgan fingerprint density at radius 3 is 2.29 bits per heavy atom. The summed E-state index contributed by atoms with van der Waals surface area (Å²) in [6.45, 7) is 0. The summed E-state index contributed by atoms with van der Waals surface area (Å²) in [5, 5.41) is 10.6. The van der Waals surface area contributed by atoms with Crippen molar-refractivity contribution >= 4 is 17.8 Å². The Kier molecular flexibility index (Phi) is 4.90. The van der Waals surface area contributed by atoms with Crippen molar-refractivity contribution in [3.05, 3.63) is 35.4 Å². The molecule has 6 nitrogen and oxygen atoms in total. The summed E-state index contributed by atoms with van der Waals surface area (Å²) < 4.78 is 38.2. The van der Waals surface area contributed by atoms with E-state index in [-0.39, 0.29) is 0 Å². The Hall–Kier alpha value is -2.58. The first-order valence-electron chi connectivity index (χ1n) is 5.61. The minimum absolute atomic E-state index is 0.693. The third kappa shape index (κ3) is 4.48. The van der Waals surface area contributed by atoms with Gasteiger partial charge in [-0.25, -0.2) is 4.79 Å². The number of benzene rings is 1. The molecule has 0 radical (unpaired) electrons. The van der Waals surface area contributed by atoms with Crippen molar-refractivity contribution in [2.45, 2.75) is 18.6 Å². The maximum absolute atomic E-state index is 12.7. The lowest BCUT2D eigenvalue weighted by atomic mass is 10.1. The molecule has 0 aliphatic carbocycles. The van der Waals surface area contributed by atoms with Gasteiger partial charge in [-0.3, -0.25) is 9.59 Å². The largest absolute Gasteiger partial charge is 0.480 e. The standard InChI is InChI=1S/C12H11F3N2O4/c13-12(14,15)7-4-2-1-3-6(7)10(19)17-8(11(20)21)5-9(16)18/h1-4,8H,5H2,(H2,16,18)(H,17,19)(H,20,21)/t8-/m1/s1. The molecule has 0 bridgehead atoms. The molecule has 0 saturated carbocycles. The number of nitrogens with one attached hydrogen (secondary N) is 1. The number of aliphatic carboxylic acids is 1. The highest BCUT2D eigenvalue weighted by atomic mass is 19.4. The van der Waals surface area contributed by atoms with E-state index in [9.17, 15) is 27.6 Å². The number of alkyl halides is 3. The first kappa shape index (κ1) is 16.5. The predicted octanol–water partition coefficient (Wildman–Crippen LogP) is 0.764. The van der Waals surface area contributed by atoms with Gasteiger partial charge >= 0.3 is 12.1 Å². The molecule has 2 amide bonds. The molecule has 0 aliphatic rings. The summed E-state index contributed by atoms with van der Waals surface area (Å²) in [5.74, 6) is -3.84. The van der Waals surface area contributed by atoms with Crippen molar-refractivity contribution < 1.29 is 32.7 Å². The lowest BCUT2D eigenvalue weighted by molar-refractivity contribution is -0.140. The summed E-state index contributed by atoms with van der Waals surface area (Å²) in [6, 6.07) is 2.20. The van der Waals surface area contributed by atoms with Gasteiger partial charge in [-0.15, -0.1) is 0 Å². The lowest BCUT2D eigenvalue weighted by Crippen LogP contribution is -2.43. The zero-order chi connectivity index (χ0) is 16.2. The van der Waals surface area contributed by atoms with Crippen molar-refractivity contribution in [1.82, 2.24) is 5.32 Å². The van der Waals surface area contributed by atoms with Crippen LogP contribution in [0.4, 0.5) is 13.2 Å². The van der Waals surface area contributed by atoms with Crippen LogP contribution in [0.5, 0.6) is 0 Å². The van der Waals surface area contributed by atoms with Crippen LogP contribution in [0.2, 0.25) is 0 Å². The molecule has 0 saturated heterocycles. The third-order valence-electron chi connectivity index (χ3n) is 2.49. The molecular weight excluding hydrogens is 293 g/mol. The lowest BCUT2D eigenvalue weighted by Gasteiger charge is -2.16. The highest BCUT2D eigenvalue weighted by Crippen LogP contribution is 2.31. The Balaban J connectivity index is 3.04. The van der Waals surface area contributed by atoms with E-state index in [4.69, 9.17) is 10.8 Å². The number of carbonyl (C=O) groups excluding carboxylic acids is 2. The van der Waals surface area contributed by atoms with Crippen LogP contribution >= 0.6 is 0 Å². The molecule has 0 heterocycles. The number of carbonyl (C=O) groups is 3. The predicted molar refractivity (Wildman–Crippen MR) is 64.1 cm³/mol. The van der Waals surface area contributed by atoms with Crippen LogP contribution in [0.3, 0.4) is 0 Å². The molecule has 0 unspecified atom stereocenters. The number of carboxylic acid groups (broad SMARTS) is 1. The average molecular weight is 304 g/mol. The SMILES string of the molecule is NC(=O)C[C@@H](NC(=O)c1ccccc1C(F)(F)F)C(=O)O. The molecule has 9 heteroatoms. The van der Waals surface area contributed by atoms with Crippen molar-refractivity contribution in [1.29, 1.82) is 0 Å². The van der Waals surface area contributed by atoms with Crippen LogP contribution < -0.4 is 11.1 Å². The van der Waals surface area contributed by atoms with Crippen LogP contribution in [-0.2, 0) is 15.8 Å². The molecule has 1 rings (SSSR count). The Bertz CT molecular complexity index is 572. The Morgan fingerprint density at radius 1 is 1.24 bits per heavy atom. The van der Waals surface area contributed by atoms with Crippen LogP contribution in [0.1, 0.15) is 22.3 Å². The molecule has 114 valence electrons. The smallest absolute Gasteiger partial charge is 0.417 e. The number of hydrogen-bond acceptors (Lipinski definition) is 3. The number of nitrogens with two attached hydrogens (primary N) is 1. The highest BCUT2D eigenvalue weighted by Gasteiger charge is 2.35. The van der Waals surface area contributed by atoms with Gasteiger partial charge in [-0.2, -0.15) is 13.2 Å². The van der Waals surface area contributed by atoms with E-state index in [0.717, 1.165) is 12.1 Å². The maximum atomic E-state index is 12.7. The molecule has 1 atom stereocenters. The number of primary amides is 1. The van der Waals surface area contributed by atoms with E-state index in [1.165, 1.54) is 6.07 Å². The van der Waals surface area contributed by atoms with Gasteiger partial charge in [0.15, 0.2) is 0 Å². The molecule has 21 heavy (non-hydrogen) atoms. The zero-order valence-corrected chi connectivity index (χ0v) is 10.5. The first-order valence-corrected chi connectivity index (χ1v) is 5.61. The second-order valence-electron chi connectivity index (χ2n) is 4.08. The zero-order valence-electron chi connectivity index (χ0n) is 10.5. The van der Waals surface area contributed by atoms with Gasteiger partial charge in [0.1, 0.15) is 6.04 Å². The number of rotatable bonds is 5. The molecule has 0 aromatic heterocycles. The molecule has 1 aromatic rings. The topological polar surface area (TPSA) is 109 Å². The second-order valence-corrected chi connectivity index (χ2v) is 4.08.